The molecule has 0 aromatic heterocycles. The van der Waals surface area contributed by atoms with Gasteiger partial charge >= 0.3 is 0 Å². The zero-order valence-corrected chi connectivity index (χ0v) is 7.62. The lowest BCUT2D eigenvalue weighted by atomic mass is 10.0. The summed E-state index contributed by atoms with van der Waals surface area (Å²) in [6.07, 6.45) is 1.96. The highest BCUT2D eigenvalue weighted by Crippen LogP contribution is 2.17. The van der Waals surface area contributed by atoms with E-state index in [0.717, 1.165) is 24.0 Å². The molecule has 0 unspecified atom stereocenters. The number of benzene rings is 1. The topological polar surface area (TPSA) is 43.1 Å². The lowest BCUT2D eigenvalue weighted by Crippen LogP contribution is -1.92. The van der Waals surface area contributed by atoms with Crippen LogP contribution < -0.4 is 0 Å². The van der Waals surface area contributed by atoms with Crippen LogP contribution in [0, 0.1) is 17.0 Å². The van der Waals surface area contributed by atoms with E-state index in [4.69, 9.17) is 0 Å². The van der Waals surface area contributed by atoms with Crippen molar-refractivity contribution in [3.8, 4) is 0 Å². The van der Waals surface area contributed by atoms with Crippen LogP contribution in [-0.4, -0.2) is 4.92 Å². The number of nitro groups is 1. The average molecular weight is 178 g/mol. The summed E-state index contributed by atoms with van der Waals surface area (Å²) in [7, 11) is 0. The zero-order chi connectivity index (χ0) is 9.84. The molecule has 0 aliphatic carbocycles. The monoisotopic (exact) mass is 178 g/mol. The van der Waals surface area contributed by atoms with E-state index < -0.39 is 4.92 Å². The minimum atomic E-state index is -0.398. The van der Waals surface area contributed by atoms with Crippen molar-refractivity contribution in [2.75, 3.05) is 0 Å². The van der Waals surface area contributed by atoms with Crippen LogP contribution >= 0.6 is 0 Å². The Morgan fingerprint density at radius 3 is 2.69 bits per heavy atom. The number of nitro benzene ring substituents is 1. The maximum atomic E-state index is 10.4. The third kappa shape index (κ3) is 2.28. The maximum Gasteiger partial charge on any atom is 0.269 e. The molecule has 0 bridgehead atoms. The Hall–Kier alpha value is -1.38. The van der Waals surface area contributed by atoms with E-state index in [9.17, 15) is 10.1 Å². The smallest absolute Gasteiger partial charge is 0.258 e. The van der Waals surface area contributed by atoms with Gasteiger partial charge in [0.25, 0.3) is 5.69 Å². The van der Waals surface area contributed by atoms with Crippen molar-refractivity contribution >= 4 is 5.69 Å². The van der Waals surface area contributed by atoms with Crippen LogP contribution in [0.15, 0.2) is 18.2 Å². The Balaban J connectivity index is 2.98. The van der Waals surface area contributed by atoms with Crippen LogP contribution in [-0.2, 0) is 6.42 Å². The van der Waals surface area contributed by atoms with E-state index in [-0.39, 0.29) is 5.69 Å². The Labute approximate surface area is 77.5 Å². The summed E-state index contributed by atoms with van der Waals surface area (Å²) in [6.45, 7) is 5.85. The van der Waals surface area contributed by atoms with Crippen LogP contribution in [0.2, 0.25) is 0 Å². The maximum absolute atomic E-state index is 10.4. The molecule has 0 fully saturated rings. The Morgan fingerprint density at radius 1 is 1.54 bits per heavy atom. The molecule has 0 aliphatic heterocycles. The predicted molar refractivity (Wildman–Crippen MR) is 51.6 cm³/mol. The first-order valence-electron chi connectivity index (χ1n) is 4.24. The van der Waals surface area contributed by atoms with Gasteiger partial charge in [0.05, 0.1) is 4.92 Å². The van der Waals surface area contributed by atoms with E-state index in [1.54, 1.807) is 6.07 Å². The molecule has 3 heteroatoms. The van der Waals surface area contributed by atoms with Crippen molar-refractivity contribution in [2.24, 2.45) is 0 Å². The SMILES string of the molecule is [CH2]c1cc([N+](=O)[O-])ccc1CCC. The molecule has 69 valence electrons. The van der Waals surface area contributed by atoms with Crippen molar-refractivity contribution < 1.29 is 4.92 Å². The fraction of sp³-hybridized carbons (Fsp3) is 0.300. The average Bonchev–Trinajstić information content (AvgIpc) is 2.08. The lowest BCUT2D eigenvalue weighted by molar-refractivity contribution is -0.384. The molecule has 13 heavy (non-hydrogen) atoms. The fourth-order valence-corrected chi connectivity index (χ4v) is 1.24. The fourth-order valence-electron chi connectivity index (χ4n) is 1.24. The molecule has 0 amide bonds. The molecule has 0 saturated heterocycles. The first-order valence-corrected chi connectivity index (χ1v) is 4.24. The largest absolute Gasteiger partial charge is 0.269 e. The standard InChI is InChI=1S/C10H12NO2/c1-3-4-9-5-6-10(11(12)13)7-8(9)2/h5-7H,2-4H2,1H3. The molecule has 1 radical (unpaired) electrons. The Bertz CT molecular complexity index is 321. The molecular formula is C10H12NO2. The van der Waals surface area contributed by atoms with Gasteiger partial charge in [0.1, 0.15) is 0 Å². The highest BCUT2D eigenvalue weighted by molar-refractivity contribution is 5.41. The number of non-ortho nitro benzene ring substituents is 1. The first kappa shape index (κ1) is 9.71. The predicted octanol–water partition coefficient (Wildman–Crippen LogP) is 2.73. The van der Waals surface area contributed by atoms with E-state index in [1.165, 1.54) is 12.1 Å². The molecular weight excluding hydrogens is 166 g/mol. The van der Waals surface area contributed by atoms with E-state index in [1.807, 2.05) is 0 Å². The second kappa shape index (κ2) is 4.03. The normalized spacial score (nSPS) is 10.0. The number of aryl methyl sites for hydroxylation is 1. The highest BCUT2D eigenvalue weighted by atomic mass is 16.6. The van der Waals surface area contributed by atoms with Gasteiger partial charge in [-0.2, -0.15) is 0 Å². The number of hydrogen-bond donors (Lipinski definition) is 0. The van der Waals surface area contributed by atoms with Crippen molar-refractivity contribution in [2.45, 2.75) is 19.8 Å². The van der Waals surface area contributed by atoms with E-state index in [2.05, 4.69) is 13.8 Å². The van der Waals surface area contributed by atoms with E-state index >= 15 is 0 Å². The third-order valence-corrected chi connectivity index (χ3v) is 1.92. The van der Waals surface area contributed by atoms with Gasteiger partial charge in [-0.3, -0.25) is 10.1 Å². The third-order valence-electron chi connectivity index (χ3n) is 1.92. The summed E-state index contributed by atoms with van der Waals surface area (Å²) in [5.74, 6) is 0. The summed E-state index contributed by atoms with van der Waals surface area (Å²) in [6, 6.07) is 4.83. The summed E-state index contributed by atoms with van der Waals surface area (Å²) in [5, 5.41) is 10.4. The molecule has 0 atom stereocenters. The summed E-state index contributed by atoms with van der Waals surface area (Å²) >= 11 is 0. The zero-order valence-electron chi connectivity index (χ0n) is 7.62. The van der Waals surface area contributed by atoms with Gasteiger partial charge in [0.2, 0.25) is 0 Å². The molecule has 0 spiro atoms. The van der Waals surface area contributed by atoms with E-state index in [0.29, 0.717) is 0 Å². The molecule has 0 N–H and O–H groups in total. The molecule has 1 aromatic carbocycles. The van der Waals surface area contributed by atoms with Gasteiger partial charge in [-0.05, 0) is 24.5 Å². The number of nitrogens with zero attached hydrogens (tertiary/aromatic N) is 1. The van der Waals surface area contributed by atoms with Crippen LogP contribution in [0.1, 0.15) is 24.5 Å². The van der Waals surface area contributed by atoms with Crippen molar-refractivity contribution in [3.63, 3.8) is 0 Å². The van der Waals surface area contributed by atoms with Crippen molar-refractivity contribution in [1.82, 2.24) is 0 Å². The van der Waals surface area contributed by atoms with Crippen LogP contribution in [0.5, 0.6) is 0 Å². The molecule has 1 aromatic rings. The minimum Gasteiger partial charge on any atom is -0.258 e. The van der Waals surface area contributed by atoms with Crippen molar-refractivity contribution in [1.29, 1.82) is 0 Å². The second-order valence-corrected chi connectivity index (χ2v) is 2.96. The summed E-state index contributed by atoms with van der Waals surface area (Å²) in [4.78, 5) is 10.0. The molecule has 3 nitrogen and oxygen atoms in total. The Kier molecular flexibility index (Phi) is 3.01. The second-order valence-electron chi connectivity index (χ2n) is 2.96. The van der Waals surface area contributed by atoms with Gasteiger partial charge in [-0.1, -0.05) is 19.4 Å². The quantitative estimate of drug-likeness (QED) is 0.527. The molecule has 0 saturated carbocycles. The van der Waals surface area contributed by atoms with Gasteiger partial charge in [-0.25, -0.2) is 0 Å². The number of rotatable bonds is 3. The van der Waals surface area contributed by atoms with Crippen LogP contribution in [0.25, 0.3) is 0 Å². The molecule has 1 rings (SSSR count). The highest BCUT2D eigenvalue weighted by Gasteiger charge is 2.06. The summed E-state index contributed by atoms with van der Waals surface area (Å²) in [5.41, 5.74) is 1.97. The first-order chi connectivity index (χ1) is 6.15. The lowest BCUT2D eigenvalue weighted by Gasteiger charge is -2.02. The van der Waals surface area contributed by atoms with Crippen molar-refractivity contribution in [3.05, 3.63) is 46.4 Å². The minimum absolute atomic E-state index is 0.116. The van der Waals surface area contributed by atoms with Crippen LogP contribution in [0.4, 0.5) is 5.69 Å². The summed E-state index contributed by atoms with van der Waals surface area (Å²) < 4.78 is 0. The van der Waals surface area contributed by atoms with Gasteiger partial charge in [-0.15, -0.1) is 0 Å². The van der Waals surface area contributed by atoms with Gasteiger partial charge in [0.15, 0.2) is 0 Å². The number of hydrogen-bond acceptors (Lipinski definition) is 2. The van der Waals surface area contributed by atoms with Gasteiger partial charge < -0.3 is 0 Å². The van der Waals surface area contributed by atoms with Crippen LogP contribution in [0.3, 0.4) is 0 Å². The molecule has 0 heterocycles. The van der Waals surface area contributed by atoms with Gasteiger partial charge in [0, 0.05) is 12.1 Å². The molecule has 0 aliphatic rings. The Morgan fingerprint density at radius 2 is 2.23 bits per heavy atom.